The third-order valence-corrected chi connectivity index (χ3v) is 8.69. The maximum absolute atomic E-state index is 13.4. The molecule has 2 aliphatic carbocycles. The third kappa shape index (κ3) is 3.22. The molecule has 3 unspecified atom stereocenters. The van der Waals surface area contributed by atoms with Gasteiger partial charge in [0.2, 0.25) is 0 Å². The van der Waals surface area contributed by atoms with E-state index >= 15 is 0 Å². The molecule has 2 aliphatic heterocycles. The summed E-state index contributed by atoms with van der Waals surface area (Å²) >= 11 is 0. The van der Waals surface area contributed by atoms with Crippen LogP contribution in [0.3, 0.4) is 0 Å². The second-order valence-corrected chi connectivity index (χ2v) is 10.4. The predicted molar refractivity (Wildman–Crippen MR) is 117 cm³/mol. The van der Waals surface area contributed by atoms with E-state index in [-0.39, 0.29) is 6.04 Å². The van der Waals surface area contributed by atoms with Gasteiger partial charge in [-0.15, -0.1) is 0 Å². The van der Waals surface area contributed by atoms with Crippen molar-refractivity contribution >= 4 is 5.82 Å². The average molecular weight is 462 g/mol. The van der Waals surface area contributed by atoms with Gasteiger partial charge in [0.1, 0.15) is 5.82 Å². The Morgan fingerprint density at radius 1 is 1.24 bits per heavy atom. The van der Waals surface area contributed by atoms with E-state index in [1.54, 1.807) is 0 Å². The molecule has 33 heavy (non-hydrogen) atoms. The van der Waals surface area contributed by atoms with E-state index < -0.39 is 17.6 Å². The van der Waals surface area contributed by atoms with Crippen molar-refractivity contribution in [3.63, 3.8) is 0 Å². The fourth-order valence-corrected chi connectivity index (χ4v) is 6.54. The topological polar surface area (TPSA) is 69.2 Å². The zero-order valence-electron chi connectivity index (χ0n) is 19.0. The molecule has 2 saturated heterocycles. The fourth-order valence-electron chi connectivity index (χ4n) is 6.54. The summed E-state index contributed by atoms with van der Waals surface area (Å²) in [6, 6.07) is 3.84. The van der Waals surface area contributed by atoms with E-state index in [1.807, 2.05) is 10.7 Å². The number of hydrogen-bond donors (Lipinski definition) is 1. The van der Waals surface area contributed by atoms with Crippen LogP contribution in [0, 0.1) is 11.8 Å². The summed E-state index contributed by atoms with van der Waals surface area (Å²) < 4.78 is 47.6. The van der Waals surface area contributed by atoms with Gasteiger partial charge in [-0.1, -0.05) is 6.92 Å². The van der Waals surface area contributed by atoms with Crippen molar-refractivity contribution in [2.24, 2.45) is 11.8 Å². The highest BCUT2D eigenvalue weighted by atomic mass is 19.4. The van der Waals surface area contributed by atoms with Gasteiger partial charge in [0.15, 0.2) is 0 Å². The van der Waals surface area contributed by atoms with E-state index in [4.69, 9.17) is 15.6 Å². The minimum absolute atomic E-state index is 0.181. The molecule has 0 aromatic carbocycles. The highest BCUT2D eigenvalue weighted by Gasteiger charge is 2.67. The van der Waals surface area contributed by atoms with Crippen molar-refractivity contribution in [3.05, 3.63) is 29.6 Å². The van der Waals surface area contributed by atoms with Crippen molar-refractivity contribution in [2.75, 3.05) is 25.5 Å². The number of hydrogen-bond acceptors (Lipinski definition) is 5. The van der Waals surface area contributed by atoms with Crippen LogP contribution >= 0.6 is 0 Å². The highest BCUT2D eigenvalue weighted by Crippen LogP contribution is 2.69. The number of anilines is 1. The van der Waals surface area contributed by atoms with Gasteiger partial charge in [-0.25, -0.2) is 4.98 Å². The molecule has 0 radical (unpaired) electrons. The Labute approximate surface area is 191 Å². The first-order valence-corrected chi connectivity index (χ1v) is 12.0. The van der Waals surface area contributed by atoms with E-state index in [1.165, 1.54) is 32.0 Å². The van der Waals surface area contributed by atoms with Crippen LogP contribution in [0.2, 0.25) is 0 Å². The second-order valence-electron chi connectivity index (χ2n) is 10.4. The molecule has 6 nitrogen and oxygen atoms in total. The first-order valence-electron chi connectivity index (χ1n) is 12.0. The Morgan fingerprint density at radius 3 is 2.52 bits per heavy atom. The summed E-state index contributed by atoms with van der Waals surface area (Å²) in [5, 5.41) is 4.77. The lowest BCUT2D eigenvalue weighted by atomic mass is 9.77. The van der Waals surface area contributed by atoms with Crippen molar-refractivity contribution in [1.82, 2.24) is 19.7 Å². The zero-order chi connectivity index (χ0) is 23.1. The summed E-state index contributed by atoms with van der Waals surface area (Å²) in [5.41, 5.74) is 7.01. The number of halogens is 3. The minimum Gasteiger partial charge on any atom is -0.383 e. The molecule has 1 spiro atoms. The Kier molecular flexibility index (Phi) is 4.66. The van der Waals surface area contributed by atoms with Crippen LogP contribution in [-0.4, -0.2) is 51.0 Å². The molecule has 2 N–H and O–H groups in total. The smallest absolute Gasteiger partial charge is 0.383 e. The van der Waals surface area contributed by atoms with E-state index in [2.05, 4.69) is 23.7 Å². The molecular formula is C24H30F3N5O. The van der Waals surface area contributed by atoms with Gasteiger partial charge in [0, 0.05) is 41.5 Å². The number of alkyl halides is 3. The molecule has 2 aromatic rings. The standard InChI is InChI=1S/C24H30F3N5O/c1-3-13(2)32-20(7-19(30-32)14-6-18(24(25,26)27)22(28)29-10-14)21-16-8-23(9-17(16)21)4-5-31(23)15-11-33-12-15/h6-7,10,13,15-17,21H,3-5,8-9,11-12H2,1-2H3,(H2,28,29). The summed E-state index contributed by atoms with van der Waals surface area (Å²) in [6.45, 7) is 7.13. The second kappa shape index (κ2) is 7.18. The number of nitrogens with zero attached hydrogens (tertiary/aromatic N) is 4. The number of pyridine rings is 1. The number of ether oxygens (including phenoxy) is 1. The largest absolute Gasteiger partial charge is 0.419 e. The summed E-state index contributed by atoms with van der Waals surface area (Å²) in [7, 11) is 0. The zero-order valence-corrected chi connectivity index (χ0v) is 19.0. The lowest BCUT2D eigenvalue weighted by Gasteiger charge is -2.57. The first-order chi connectivity index (χ1) is 15.7. The Hall–Kier alpha value is -2.13. The normalized spacial score (nSPS) is 32.5. The van der Waals surface area contributed by atoms with E-state index in [9.17, 15) is 13.2 Å². The maximum Gasteiger partial charge on any atom is 0.419 e. The number of likely N-dealkylation sites (tertiary alicyclic amines) is 1. The van der Waals surface area contributed by atoms with Gasteiger partial charge in [0.05, 0.1) is 30.5 Å². The lowest BCUT2D eigenvalue weighted by Crippen LogP contribution is -2.67. The lowest BCUT2D eigenvalue weighted by molar-refractivity contribution is -0.149. The van der Waals surface area contributed by atoms with Gasteiger partial charge in [-0.3, -0.25) is 9.58 Å². The van der Waals surface area contributed by atoms with Crippen LogP contribution in [0.4, 0.5) is 19.0 Å². The summed E-state index contributed by atoms with van der Waals surface area (Å²) in [5.74, 6) is 1.21. The SMILES string of the molecule is CCC(C)n1nc(-c2cnc(N)c(C(F)(F)F)c2)cc1C1C2CC3(CCN3C3COC3)CC21. The van der Waals surface area contributed by atoms with Crippen LogP contribution in [0.1, 0.15) is 62.7 Å². The van der Waals surface area contributed by atoms with Crippen LogP contribution in [-0.2, 0) is 10.9 Å². The molecule has 4 aliphatic rings. The molecule has 0 bridgehead atoms. The average Bonchev–Trinajstić information content (AvgIpc) is 3.08. The summed E-state index contributed by atoms with van der Waals surface area (Å²) in [6.07, 6.45) is 1.45. The van der Waals surface area contributed by atoms with Gasteiger partial charge in [0.25, 0.3) is 0 Å². The van der Waals surface area contributed by atoms with E-state index in [0.717, 1.165) is 31.4 Å². The van der Waals surface area contributed by atoms with Crippen molar-refractivity contribution < 1.29 is 17.9 Å². The first kappa shape index (κ1) is 21.4. The molecule has 4 fully saturated rings. The highest BCUT2D eigenvalue weighted by molar-refractivity contribution is 5.63. The van der Waals surface area contributed by atoms with Crippen molar-refractivity contribution in [1.29, 1.82) is 0 Å². The molecule has 6 rings (SSSR count). The van der Waals surface area contributed by atoms with Crippen molar-refractivity contribution in [2.45, 2.75) is 69.2 Å². The number of aromatic nitrogens is 3. The number of nitrogens with two attached hydrogens (primary N) is 1. The minimum atomic E-state index is -4.54. The van der Waals surface area contributed by atoms with Crippen LogP contribution in [0.5, 0.6) is 0 Å². The Morgan fingerprint density at radius 2 is 1.97 bits per heavy atom. The van der Waals surface area contributed by atoms with Crippen molar-refractivity contribution in [3.8, 4) is 11.3 Å². The quantitative estimate of drug-likeness (QED) is 0.711. The van der Waals surface area contributed by atoms with E-state index in [0.29, 0.717) is 40.6 Å². The van der Waals surface area contributed by atoms with Crippen LogP contribution in [0.15, 0.2) is 18.3 Å². The maximum atomic E-state index is 13.4. The predicted octanol–water partition coefficient (Wildman–Crippen LogP) is 4.48. The summed E-state index contributed by atoms with van der Waals surface area (Å²) in [4.78, 5) is 6.49. The molecule has 4 heterocycles. The third-order valence-electron chi connectivity index (χ3n) is 8.69. The Bertz CT molecular complexity index is 1070. The molecular weight excluding hydrogens is 431 g/mol. The molecule has 3 atom stereocenters. The monoisotopic (exact) mass is 461 g/mol. The molecule has 0 amide bonds. The number of fused-ring (bicyclic) bond motifs is 1. The Balaban J connectivity index is 1.28. The van der Waals surface area contributed by atoms with Gasteiger partial charge in [-0.2, -0.15) is 18.3 Å². The molecule has 9 heteroatoms. The van der Waals surface area contributed by atoms with Crippen LogP contribution < -0.4 is 5.73 Å². The fraction of sp³-hybridized carbons (Fsp3) is 0.667. The molecule has 178 valence electrons. The van der Waals surface area contributed by atoms with Gasteiger partial charge >= 0.3 is 6.18 Å². The van der Waals surface area contributed by atoms with Crippen LogP contribution in [0.25, 0.3) is 11.3 Å². The molecule has 2 aromatic heterocycles. The number of nitrogen functional groups attached to an aromatic ring is 1. The van der Waals surface area contributed by atoms with Gasteiger partial charge < -0.3 is 10.5 Å². The molecule has 2 saturated carbocycles. The van der Waals surface area contributed by atoms with Gasteiger partial charge in [-0.05, 0) is 56.6 Å². The number of rotatable bonds is 5.